The van der Waals surface area contributed by atoms with Crippen molar-refractivity contribution in [3.05, 3.63) is 12.3 Å². The summed E-state index contributed by atoms with van der Waals surface area (Å²) in [6, 6.07) is 0.0278. The Morgan fingerprint density at radius 1 is 1.73 bits per heavy atom. The molecule has 2 aliphatic heterocycles. The molecule has 4 nitrogen and oxygen atoms in total. The van der Waals surface area contributed by atoms with Gasteiger partial charge in [0.15, 0.2) is 0 Å². The van der Waals surface area contributed by atoms with Gasteiger partial charge in [0, 0.05) is 12.6 Å². The van der Waals surface area contributed by atoms with Gasteiger partial charge in [0.05, 0.1) is 12.0 Å². The van der Waals surface area contributed by atoms with Crippen LogP contribution >= 0.6 is 0 Å². The first-order valence-corrected chi connectivity index (χ1v) is 3.49. The molecule has 2 N–H and O–H groups in total. The summed E-state index contributed by atoms with van der Waals surface area (Å²) in [5.41, 5.74) is 5.10. The van der Waals surface area contributed by atoms with E-state index in [4.69, 9.17) is 5.73 Å². The zero-order chi connectivity index (χ0) is 8.01. The number of nitrogens with two attached hydrogens (primary N) is 1. The lowest BCUT2D eigenvalue weighted by molar-refractivity contribution is -0.143. The minimum Gasteiger partial charge on any atom is -0.369 e. The molecular weight excluding hydrogens is 144 g/mol. The van der Waals surface area contributed by atoms with Crippen molar-refractivity contribution >= 4 is 11.8 Å². The predicted octanol–water partition coefficient (Wildman–Crippen LogP) is -0.784. The van der Waals surface area contributed by atoms with Crippen LogP contribution < -0.4 is 5.73 Å². The summed E-state index contributed by atoms with van der Waals surface area (Å²) in [7, 11) is 0. The van der Waals surface area contributed by atoms with E-state index in [1.54, 1.807) is 17.2 Å². The molecule has 2 unspecified atom stereocenters. The van der Waals surface area contributed by atoms with Gasteiger partial charge >= 0.3 is 0 Å². The third kappa shape index (κ3) is 0.691. The minimum absolute atomic E-state index is 0.0278. The van der Waals surface area contributed by atoms with Gasteiger partial charge in [0.2, 0.25) is 11.8 Å². The second-order valence-corrected chi connectivity index (χ2v) is 2.84. The first kappa shape index (κ1) is 6.39. The van der Waals surface area contributed by atoms with E-state index in [1.807, 2.05) is 0 Å². The largest absolute Gasteiger partial charge is 0.369 e. The second-order valence-electron chi connectivity index (χ2n) is 2.84. The maximum absolute atomic E-state index is 10.8. The van der Waals surface area contributed by atoms with Gasteiger partial charge < -0.3 is 10.6 Å². The van der Waals surface area contributed by atoms with E-state index in [1.165, 1.54) is 0 Å². The quantitative estimate of drug-likeness (QED) is 0.501. The van der Waals surface area contributed by atoms with Gasteiger partial charge in [-0.15, -0.1) is 0 Å². The maximum atomic E-state index is 10.8. The van der Waals surface area contributed by atoms with Crippen LogP contribution in [0.2, 0.25) is 0 Å². The number of rotatable bonds is 1. The van der Waals surface area contributed by atoms with E-state index in [9.17, 15) is 9.59 Å². The molecule has 0 spiro atoms. The van der Waals surface area contributed by atoms with Crippen molar-refractivity contribution < 1.29 is 9.59 Å². The number of fused-ring (bicyclic) bond motifs is 1. The molecule has 11 heavy (non-hydrogen) atoms. The van der Waals surface area contributed by atoms with Gasteiger partial charge in [-0.3, -0.25) is 9.59 Å². The SMILES string of the molecule is NC(=O)C1C=CN2C(=O)CC12. The van der Waals surface area contributed by atoms with Crippen LogP contribution in [-0.2, 0) is 9.59 Å². The van der Waals surface area contributed by atoms with Crippen molar-refractivity contribution in [2.75, 3.05) is 0 Å². The number of carbonyl (C=O) groups is 2. The number of primary amides is 1. The van der Waals surface area contributed by atoms with Crippen LogP contribution in [0.4, 0.5) is 0 Å². The van der Waals surface area contributed by atoms with Gasteiger partial charge in [-0.05, 0) is 0 Å². The van der Waals surface area contributed by atoms with Crippen LogP contribution in [0.5, 0.6) is 0 Å². The van der Waals surface area contributed by atoms with Gasteiger partial charge in [-0.25, -0.2) is 0 Å². The summed E-state index contributed by atoms with van der Waals surface area (Å²) in [6.07, 6.45) is 3.80. The van der Waals surface area contributed by atoms with E-state index < -0.39 is 0 Å². The normalized spacial score (nSPS) is 33.5. The summed E-state index contributed by atoms with van der Waals surface area (Å²) in [5, 5.41) is 0. The summed E-state index contributed by atoms with van der Waals surface area (Å²) in [4.78, 5) is 23.1. The highest BCUT2D eigenvalue weighted by Gasteiger charge is 2.44. The molecule has 4 heteroatoms. The van der Waals surface area contributed by atoms with Crippen molar-refractivity contribution in [1.82, 2.24) is 4.90 Å². The first-order valence-electron chi connectivity index (χ1n) is 3.49. The number of hydrogen-bond donors (Lipinski definition) is 1. The Kier molecular flexibility index (Phi) is 1.07. The highest BCUT2D eigenvalue weighted by molar-refractivity contribution is 5.90. The lowest BCUT2D eigenvalue weighted by Crippen LogP contribution is -2.51. The smallest absolute Gasteiger partial charge is 0.228 e. The van der Waals surface area contributed by atoms with Crippen LogP contribution in [0.25, 0.3) is 0 Å². The van der Waals surface area contributed by atoms with Crippen molar-refractivity contribution in [1.29, 1.82) is 0 Å². The van der Waals surface area contributed by atoms with Gasteiger partial charge in [-0.2, -0.15) is 0 Å². The molecule has 0 aromatic heterocycles. The van der Waals surface area contributed by atoms with Crippen LogP contribution in [-0.4, -0.2) is 22.8 Å². The number of carbonyl (C=O) groups excluding carboxylic acids is 2. The van der Waals surface area contributed by atoms with Crippen LogP contribution in [0.15, 0.2) is 12.3 Å². The van der Waals surface area contributed by atoms with Crippen LogP contribution in [0.1, 0.15) is 6.42 Å². The molecule has 2 atom stereocenters. The van der Waals surface area contributed by atoms with Crippen molar-refractivity contribution in [3.63, 3.8) is 0 Å². The van der Waals surface area contributed by atoms with E-state index >= 15 is 0 Å². The molecule has 0 aromatic carbocycles. The minimum atomic E-state index is -0.346. The number of nitrogens with zero attached hydrogens (tertiary/aromatic N) is 1. The fraction of sp³-hybridized carbons (Fsp3) is 0.429. The van der Waals surface area contributed by atoms with Crippen molar-refractivity contribution in [3.8, 4) is 0 Å². The highest BCUT2D eigenvalue weighted by atomic mass is 16.2. The molecule has 2 aliphatic rings. The predicted molar refractivity (Wildman–Crippen MR) is 37.1 cm³/mol. The average Bonchev–Trinajstić information content (AvgIpc) is 2.25. The molecule has 1 saturated heterocycles. The Balaban J connectivity index is 2.16. The molecule has 0 saturated carbocycles. The topological polar surface area (TPSA) is 63.4 Å². The Morgan fingerprint density at radius 2 is 2.45 bits per heavy atom. The lowest BCUT2D eigenvalue weighted by atomic mass is 9.92. The maximum Gasteiger partial charge on any atom is 0.228 e. The first-order chi connectivity index (χ1) is 5.20. The van der Waals surface area contributed by atoms with Crippen LogP contribution in [0, 0.1) is 5.92 Å². The summed E-state index contributed by atoms with van der Waals surface area (Å²) in [5.74, 6) is -0.524. The summed E-state index contributed by atoms with van der Waals surface area (Å²) < 4.78 is 0. The average molecular weight is 152 g/mol. The lowest BCUT2D eigenvalue weighted by Gasteiger charge is -2.35. The molecule has 0 aliphatic carbocycles. The van der Waals surface area contributed by atoms with E-state index in [0.29, 0.717) is 6.42 Å². The molecule has 0 bridgehead atoms. The Morgan fingerprint density at radius 3 is 2.91 bits per heavy atom. The van der Waals surface area contributed by atoms with Crippen LogP contribution in [0.3, 0.4) is 0 Å². The number of β-lactam (4-membered cyclic amide) rings is 1. The summed E-state index contributed by atoms with van der Waals surface area (Å²) >= 11 is 0. The molecule has 0 aromatic rings. The van der Waals surface area contributed by atoms with E-state index in [-0.39, 0.29) is 23.8 Å². The highest BCUT2D eigenvalue weighted by Crippen LogP contribution is 2.32. The molecule has 2 heterocycles. The third-order valence-corrected chi connectivity index (χ3v) is 2.23. The fourth-order valence-corrected chi connectivity index (χ4v) is 1.55. The Bertz CT molecular complexity index is 259. The van der Waals surface area contributed by atoms with E-state index in [2.05, 4.69) is 0 Å². The monoisotopic (exact) mass is 152 g/mol. The summed E-state index contributed by atoms with van der Waals surface area (Å²) in [6.45, 7) is 0. The van der Waals surface area contributed by atoms with E-state index in [0.717, 1.165) is 0 Å². The van der Waals surface area contributed by atoms with Crippen molar-refractivity contribution in [2.45, 2.75) is 12.5 Å². The zero-order valence-electron chi connectivity index (χ0n) is 5.86. The molecule has 0 radical (unpaired) electrons. The molecule has 1 fully saturated rings. The second kappa shape index (κ2) is 1.84. The Hall–Kier alpha value is -1.32. The third-order valence-electron chi connectivity index (χ3n) is 2.23. The standard InChI is InChI=1S/C7H8N2O2/c8-7(11)4-1-2-9-5(4)3-6(9)10/h1-2,4-5H,3H2,(H2,8,11). The zero-order valence-corrected chi connectivity index (χ0v) is 5.86. The molecular formula is C7H8N2O2. The molecule has 2 rings (SSSR count). The fourth-order valence-electron chi connectivity index (χ4n) is 1.55. The van der Waals surface area contributed by atoms with Gasteiger partial charge in [0.1, 0.15) is 0 Å². The number of amides is 2. The van der Waals surface area contributed by atoms with Gasteiger partial charge in [0.25, 0.3) is 0 Å². The van der Waals surface area contributed by atoms with Crippen molar-refractivity contribution in [2.24, 2.45) is 11.7 Å². The Labute approximate surface area is 63.7 Å². The molecule has 2 amide bonds. The molecule has 58 valence electrons. The number of hydrogen-bond acceptors (Lipinski definition) is 2. The van der Waals surface area contributed by atoms with Gasteiger partial charge in [-0.1, -0.05) is 6.08 Å².